The van der Waals surface area contributed by atoms with Crippen LogP contribution in [0.25, 0.3) is 15.7 Å². The Morgan fingerprint density at radius 1 is 0.806 bits per heavy atom. The minimum absolute atomic E-state index is 0.193. The average Bonchev–Trinajstić information content (AvgIpc) is 2.92. The van der Waals surface area contributed by atoms with Gasteiger partial charge < -0.3 is 16.0 Å². The Morgan fingerprint density at radius 3 is 2.31 bits per heavy atom. The van der Waals surface area contributed by atoms with E-state index in [1.165, 1.54) is 0 Å². The third kappa shape index (κ3) is 4.83. The highest BCUT2D eigenvalue weighted by molar-refractivity contribution is 6.05. The summed E-state index contributed by atoms with van der Waals surface area (Å²) < 4.78 is 0. The summed E-state index contributed by atoms with van der Waals surface area (Å²) in [5.74, 6) is -0.193. The van der Waals surface area contributed by atoms with Crippen molar-refractivity contribution in [1.82, 2.24) is 9.97 Å². The van der Waals surface area contributed by atoms with Crippen molar-refractivity contribution in [2.75, 3.05) is 16.0 Å². The van der Waals surface area contributed by atoms with Gasteiger partial charge in [0.2, 0.25) is 0 Å². The molecule has 1 amide bonds. The topological polar surface area (TPSA) is 83.3 Å². The maximum atomic E-state index is 13.0. The Morgan fingerprint density at radius 2 is 1.53 bits per heavy atom. The summed E-state index contributed by atoms with van der Waals surface area (Å²) >= 11 is 0. The van der Waals surface area contributed by atoms with Gasteiger partial charge in [-0.1, -0.05) is 12.1 Å². The molecule has 0 saturated heterocycles. The predicted molar refractivity (Wildman–Crippen MR) is 144 cm³/mol. The minimum Gasteiger partial charge on any atom is -0.355 e. The van der Waals surface area contributed by atoms with Crippen molar-refractivity contribution in [3.8, 4) is 0 Å². The van der Waals surface area contributed by atoms with Crippen molar-refractivity contribution in [1.29, 1.82) is 0 Å². The lowest BCUT2D eigenvalue weighted by Crippen LogP contribution is -2.13. The van der Waals surface area contributed by atoms with Gasteiger partial charge in [0.05, 0.1) is 12.1 Å². The molecule has 0 aliphatic heterocycles. The summed E-state index contributed by atoms with van der Waals surface area (Å²) in [6, 6.07) is 24.1. The first-order valence-corrected chi connectivity index (χ1v) is 11.3. The van der Waals surface area contributed by atoms with E-state index in [1.54, 1.807) is 36.8 Å². The number of benzene rings is 3. The number of rotatable bonds is 6. The fourth-order valence-corrected chi connectivity index (χ4v) is 3.86. The lowest BCUT2D eigenvalue weighted by Gasteiger charge is -2.14. The second-order valence-electron chi connectivity index (χ2n) is 8.17. The fraction of sp³-hybridized carbons (Fsp3) is 0.0345. The van der Waals surface area contributed by atoms with Crippen molar-refractivity contribution < 1.29 is 4.79 Å². The molecule has 5 rings (SSSR count). The second-order valence-corrected chi connectivity index (χ2v) is 8.17. The molecule has 0 bridgehead atoms. The summed E-state index contributed by atoms with van der Waals surface area (Å²) in [6.45, 7) is 9.23. The number of amides is 1. The highest BCUT2D eigenvalue weighted by atomic mass is 16.1. The molecule has 174 valence electrons. The molecule has 7 nitrogen and oxygen atoms in total. The molecule has 0 aliphatic carbocycles. The third-order valence-corrected chi connectivity index (χ3v) is 5.82. The first kappa shape index (κ1) is 22.6. The van der Waals surface area contributed by atoms with E-state index in [1.807, 2.05) is 67.6 Å². The van der Waals surface area contributed by atoms with Crippen LogP contribution in [0.15, 0.2) is 97.5 Å². The Bertz CT molecular complexity index is 1590. The number of carbonyl (C=O) groups is 1. The van der Waals surface area contributed by atoms with E-state index in [9.17, 15) is 4.79 Å². The van der Waals surface area contributed by atoms with Crippen LogP contribution >= 0.6 is 0 Å². The van der Waals surface area contributed by atoms with E-state index in [4.69, 9.17) is 6.57 Å². The summed E-state index contributed by atoms with van der Waals surface area (Å²) in [5, 5.41) is 10.6. The molecule has 0 atom stereocenters. The van der Waals surface area contributed by atoms with Crippen molar-refractivity contribution >= 4 is 50.9 Å². The SMILES string of the molecule is [C-]#[N+]c1ccc2nccc(Nc3ccc(C(=O)Nc4cccc(Nc5ccncc5)c4C)cc3)c2c1. The third-order valence-electron chi connectivity index (χ3n) is 5.82. The van der Waals surface area contributed by atoms with Crippen molar-refractivity contribution in [3.05, 3.63) is 120 Å². The van der Waals surface area contributed by atoms with E-state index >= 15 is 0 Å². The first-order chi connectivity index (χ1) is 17.6. The van der Waals surface area contributed by atoms with Gasteiger partial charge >= 0.3 is 0 Å². The maximum absolute atomic E-state index is 13.0. The Kier molecular flexibility index (Phi) is 6.24. The van der Waals surface area contributed by atoms with E-state index in [0.717, 1.165) is 44.9 Å². The standard InChI is InChI=1S/C29H22N6O/c1-19-25(33-22-12-15-31-16-13-22)4-3-5-26(19)35-29(36)20-6-8-21(9-7-20)34-28-14-17-32-27-11-10-23(30-2)18-24(27)28/h3-18H,1H3,(H,31,33)(H,32,34)(H,35,36). The summed E-state index contributed by atoms with van der Waals surface area (Å²) in [7, 11) is 0. The van der Waals surface area contributed by atoms with Gasteiger partial charge in [0.1, 0.15) is 0 Å². The molecule has 0 unspecified atom stereocenters. The largest absolute Gasteiger partial charge is 0.355 e. The zero-order valence-corrected chi connectivity index (χ0v) is 19.5. The van der Waals surface area contributed by atoms with Gasteiger partial charge in [-0.25, -0.2) is 4.85 Å². The van der Waals surface area contributed by atoms with Crippen LogP contribution in [0.2, 0.25) is 0 Å². The molecule has 2 heterocycles. The zero-order chi connectivity index (χ0) is 24.9. The van der Waals surface area contributed by atoms with Crippen molar-refractivity contribution in [2.45, 2.75) is 6.92 Å². The Hall–Kier alpha value is -5.22. The van der Waals surface area contributed by atoms with Crippen LogP contribution in [-0.4, -0.2) is 15.9 Å². The molecule has 0 aliphatic rings. The number of hydrogen-bond acceptors (Lipinski definition) is 5. The number of pyridine rings is 2. The van der Waals surface area contributed by atoms with Crippen LogP contribution in [0.1, 0.15) is 15.9 Å². The zero-order valence-electron chi connectivity index (χ0n) is 19.5. The fourth-order valence-electron chi connectivity index (χ4n) is 3.86. The summed E-state index contributed by atoms with van der Waals surface area (Å²) in [6.07, 6.45) is 5.18. The molecule has 3 N–H and O–H groups in total. The molecule has 3 aromatic carbocycles. The molecule has 0 spiro atoms. The lowest BCUT2D eigenvalue weighted by molar-refractivity contribution is 0.102. The Labute approximate surface area is 208 Å². The van der Waals surface area contributed by atoms with Gasteiger partial charge in [-0.15, -0.1) is 0 Å². The van der Waals surface area contributed by atoms with E-state index in [-0.39, 0.29) is 5.91 Å². The average molecular weight is 471 g/mol. The molecule has 0 fully saturated rings. The van der Waals surface area contributed by atoms with Gasteiger partial charge in [0, 0.05) is 58.0 Å². The van der Waals surface area contributed by atoms with Crippen LogP contribution in [0.3, 0.4) is 0 Å². The van der Waals surface area contributed by atoms with Crippen LogP contribution in [0.5, 0.6) is 0 Å². The molecular formula is C29H22N6O. The number of nitrogens with one attached hydrogen (secondary N) is 3. The highest BCUT2D eigenvalue weighted by Crippen LogP contribution is 2.29. The van der Waals surface area contributed by atoms with Gasteiger partial charge in [-0.2, -0.15) is 0 Å². The monoisotopic (exact) mass is 470 g/mol. The lowest BCUT2D eigenvalue weighted by atomic mass is 10.1. The summed E-state index contributed by atoms with van der Waals surface area (Å²) in [5.41, 5.74) is 7.08. The quantitative estimate of drug-likeness (QED) is 0.228. The number of aromatic nitrogens is 2. The maximum Gasteiger partial charge on any atom is 0.255 e. The van der Waals surface area contributed by atoms with E-state index in [0.29, 0.717) is 11.3 Å². The van der Waals surface area contributed by atoms with Crippen LogP contribution in [-0.2, 0) is 0 Å². The molecule has 7 heteroatoms. The normalized spacial score (nSPS) is 10.4. The van der Waals surface area contributed by atoms with Gasteiger partial charge in [-0.3, -0.25) is 14.8 Å². The van der Waals surface area contributed by atoms with Gasteiger partial charge in [0.25, 0.3) is 5.91 Å². The van der Waals surface area contributed by atoms with E-state index in [2.05, 4.69) is 30.8 Å². The van der Waals surface area contributed by atoms with Crippen molar-refractivity contribution in [3.63, 3.8) is 0 Å². The first-order valence-electron chi connectivity index (χ1n) is 11.3. The molecule has 5 aromatic rings. The second kappa shape index (κ2) is 9.95. The van der Waals surface area contributed by atoms with Gasteiger partial charge in [-0.05, 0) is 79.2 Å². The number of fused-ring (bicyclic) bond motifs is 1. The minimum atomic E-state index is -0.193. The highest BCUT2D eigenvalue weighted by Gasteiger charge is 2.11. The molecule has 0 saturated carbocycles. The van der Waals surface area contributed by atoms with Crippen LogP contribution in [0.4, 0.5) is 34.1 Å². The molecule has 0 radical (unpaired) electrons. The molecule has 36 heavy (non-hydrogen) atoms. The van der Waals surface area contributed by atoms with Crippen LogP contribution < -0.4 is 16.0 Å². The smallest absolute Gasteiger partial charge is 0.255 e. The number of anilines is 5. The predicted octanol–water partition coefficient (Wildman–Crippen LogP) is 7.23. The molecular weight excluding hydrogens is 448 g/mol. The van der Waals surface area contributed by atoms with Crippen molar-refractivity contribution in [2.24, 2.45) is 0 Å². The number of hydrogen-bond donors (Lipinski definition) is 3. The Balaban J connectivity index is 1.31. The molecule has 2 aromatic heterocycles. The summed E-state index contributed by atoms with van der Waals surface area (Å²) in [4.78, 5) is 24.9. The van der Waals surface area contributed by atoms with Gasteiger partial charge in [0.15, 0.2) is 5.69 Å². The van der Waals surface area contributed by atoms with E-state index < -0.39 is 0 Å². The number of carbonyl (C=O) groups excluding carboxylic acids is 1. The van der Waals surface area contributed by atoms with Crippen LogP contribution in [0, 0.1) is 13.5 Å². The number of nitrogens with zero attached hydrogens (tertiary/aromatic N) is 3.